The predicted octanol–water partition coefficient (Wildman–Crippen LogP) is 5.11. The maximum atomic E-state index is 13.5. The second-order valence-electron chi connectivity index (χ2n) is 6.62. The minimum absolute atomic E-state index is 0.00230. The summed E-state index contributed by atoms with van der Waals surface area (Å²) in [4.78, 5) is 20.6. The largest absolute Gasteiger partial charge is 0.462 e. The number of carbonyl (C=O) groups excluding carboxylic acids is 1. The van der Waals surface area contributed by atoms with E-state index in [9.17, 15) is 22.4 Å². The lowest BCUT2D eigenvalue weighted by molar-refractivity contribution is -0.147. The van der Waals surface area contributed by atoms with Crippen LogP contribution in [0.4, 0.5) is 17.6 Å². The van der Waals surface area contributed by atoms with Crippen LogP contribution in [0.2, 0.25) is 5.02 Å². The summed E-state index contributed by atoms with van der Waals surface area (Å²) in [6, 6.07) is 2.64. The highest BCUT2D eigenvalue weighted by molar-refractivity contribution is 6.31. The molecule has 2 rings (SSSR count). The standard InChI is InChI=1S/C20H19ClF4N2O3/c1-11-18(26-2)16(13-6-5-12(22)9-14(13)21)17(15(27-11)10-29-3)19(28)30-8-4-7-20(23,24)25/h5-6,9,16,18H,4,7-8,10H2,1,3H3. The Morgan fingerprint density at radius 2 is 2.07 bits per heavy atom. The van der Waals surface area contributed by atoms with Crippen LogP contribution in [-0.2, 0) is 14.3 Å². The van der Waals surface area contributed by atoms with E-state index in [1.54, 1.807) is 6.92 Å². The zero-order valence-corrected chi connectivity index (χ0v) is 17.0. The Morgan fingerprint density at radius 1 is 1.37 bits per heavy atom. The van der Waals surface area contributed by atoms with E-state index in [0.29, 0.717) is 11.3 Å². The third-order valence-corrected chi connectivity index (χ3v) is 4.78. The van der Waals surface area contributed by atoms with Crippen molar-refractivity contribution >= 4 is 23.3 Å². The molecule has 2 unspecified atom stereocenters. The normalized spacial score (nSPS) is 19.3. The second-order valence-corrected chi connectivity index (χ2v) is 7.03. The van der Waals surface area contributed by atoms with Crippen molar-refractivity contribution in [2.45, 2.75) is 37.9 Å². The Balaban J connectivity index is 2.45. The molecular formula is C20H19ClF4N2O3. The van der Waals surface area contributed by atoms with Crippen LogP contribution in [0.5, 0.6) is 0 Å². The number of alkyl halides is 3. The van der Waals surface area contributed by atoms with Crippen LogP contribution in [0, 0.1) is 12.4 Å². The first-order valence-electron chi connectivity index (χ1n) is 8.91. The SMILES string of the molecule is [C-]#[N+]C1C(C)=NC(COC)=C(C(=O)OCCCC(F)(F)F)C1c1ccc(F)cc1Cl. The van der Waals surface area contributed by atoms with Gasteiger partial charge in [-0.3, -0.25) is 4.99 Å². The number of hydrogen-bond donors (Lipinski definition) is 0. The zero-order valence-electron chi connectivity index (χ0n) is 16.2. The highest BCUT2D eigenvalue weighted by Gasteiger charge is 2.43. The molecule has 0 saturated heterocycles. The molecule has 0 bridgehead atoms. The van der Waals surface area contributed by atoms with E-state index < -0.39 is 49.4 Å². The minimum atomic E-state index is -4.36. The molecule has 0 saturated carbocycles. The number of carbonyl (C=O) groups is 1. The van der Waals surface area contributed by atoms with Crippen molar-refractivity contribution in [3.63, 3.8) is 0 Å². The molecule has 0 spiro atoms. The summed E-state index contributed by atoms with van der Waals surface area (Å²) in [6.07, 6.45) is -5.86. The highest BCUT2D eigenvalue weighted by Crippen LogP contribution is 2.40. The van der Waals surface area contributed by atoms with Crippen LogP contribution in [0.15, 0.2) is 34.5 Å². The van der Waals surface area contributed by atoms with Crippen molar-refractivity contribution in [3.8, 4) is 0 Å². The van der Waals surface area contributed by atoms with Gasteiger partial charge in [0.2, 0.25) is 0 Å². The van der Waals surface area contributed by atoms with Crippen molar-refractivity contribution in [3.05, 3.63) is 57.3 Å². The third-order valence-electron chi connectivity index (χ3n) is 4.45. The molecule has 10 heteroatoms. The number of nitrogens with zero attached hydrogens (tertiary/aromatic N) is 2. The fourth-order valence-electron chi connectivity index (χ4n) is 3.17. The molecule has 1 aliphatic heterocycles. The molecular weight excluding hydrogens is 428 g/mol. The van der Waals surface area contributed by atoms with Gasteiger partial charge in [-0.2, -0.15) is 13.2 Å². The molecule has 0 radical (unpaired) electrons. The number of rotatable bonds is 7. The summed E-state index contributed by atoms with van der Waals surface area (Å²) >= 11 is 6.19. The Labute approximate surface area is 176 Å². The monoisotopic (exact) mass is 446 g/mol. The fraction of sp³-hybridized carbons (Fsp3) is 0.450. The van der Waals surface area contributed by atoms with Gasteiger partial charge in [-0.1, -0.05) is 17.7 Å². The fourth-order valence-corrected chi connectivity index (χ4v) is 3.46. The van der Waals surface area contributed by atoms with Gasteiger partial charge in [0.25, 0.3) is 6.04 Å². The van der Waals surface area contributed by atoms with Gasteiger partial charge in [-0.25, -0.2) is 15.8 Å². The van der Waals surface area contributed by atoms with Gasteiger partial charge >= 0.3 is 12.1 Å². The summed E-state index contributed by atoms with van der Waals surface area (Å²) in [5.74, 6) is -2.45. The van der Waals surface area contributed by atoms with Crippen LogP contribution in [0.3, 0.4) is 0 Å². The van der Waals surface area contributed by atoms with Crippen LogP contribution in [0.25, 0.3) is 4.85 Å². The quantitative estimate of drug-likeness (QED) is 0.253. The first-order valence-corrected chi connectivity index (χ1v) is 9.29. The molecule has 0 fully saturated rings. The first-order chi connectivity index (χ1) is 14.1. The molecule has 0 N–H and O–H groups in total. The van der Waals surface area contributed by atoms with E-state index in [1.165, 1.54) is 13.2 Å². The van der Waals surface area contributed by atoms with Gasteiger partial charge in [0.05, 0.1) is 30.2 Å². The van der Waals surface area contributed by atoms with Crippen molar-refractivity contribution in [2.75, 3.05) is 20.3 Å². The third kappa shape index (κ3) is 5.80. The molecule has 162 valence electrons. The van der Waals surface area contributed by atoms with Gasteiger partial charge < -0.3 is 14.3 Å². The highest BCUT2D eigenvalue weighted by atomic mass is 35.5. The molecule has 0 amide bonds. The maximum absolute atomic E-state index is 13.5. The van der Waals surface area contributed by atoms with Crippen molar-refractivity contribution in [1.82, 2.24) is 0 Å². The lowest BCUT2D eigenvalue weighted by Gasteiger charge is -2.27. The molecule has 2 atom stereocenters. The first kappa shape index (κ1) is 23.8. The lowest BCUT2D eigenvalue weighted by atomic mass is 9.80. The van der Waals surface area contributed by atoms with Crippen LogP contribution in [0.1, 0.15) is 31.2 Å². The van der Waals surface area contributed by atoms with Crippen LogP contribution < -0.4 is 0 Å². The summed E-state index contributed by atoms with van der Waals surface area (Å²) in [5.41, 5.74) is 0.852. The lowest BCUT2D eigenvalue weighted by Crippen LogP contribution is -2.34. The molecule has 30 heavy (non-hydrogen) atoms. The maximum Gasteiger partial charge on any atom is 0.389 e. The van der Waals surface area contributed by atoms with E-state index in [4.69, 9.17) is 27.6 Å². The summed E-state index contributed by atoms with van der Waals surface area (Å²) < 4.78 is 60.7. The number of esters is 1. The number of halogens is 5. The van der Waals surface area contributed by atoms with E-state index in [2.05, 4.69) is 9.84 Å². The van der Waals surface area contributed by atoms with E-state index in [0.717, 1.165) is 12.1 Å². The second kappa shape index (κ2) is 10.0. The van der Waals surface area contributed by atoms with Crippen LogP contribution in [-0.4, -0.2) is 44.2 Å². The van der Waals surface area contributed by atoms with Gasteiger partial charge in [-0.05, 0) is 31.0 Å². The zero-order chi connectivity index (χ0) is 22.5. The van der Waals surface area contributed by atoms with E-state index in [1.807, 2.05) is 0 Å². The molecule has 1 aromatic carbocycles. The molecule has 1 heterocycles. The van der Waals surface area contributed by atoms with Gasteiger partial charge in [0.15, 0.2) is 0 Å². The average Bonchev–Trinajstić information content (AvgIpc) is 2.64. The number of hydrogen-bond acceptors (Lipinski definition) is 4. The Bertz CT molecular complexity index is 906. The smallest absolute Gasteiger partial charge is 0.389 e. The molecule has 5 nitrogen and oxygen atoms in total. The predicted molar refractivity (Wildman–Crippen MR) is 103 cm³/mol. The molecule has 1 aliphatic rings. The average molecular weight is 447 g/mol. The van der Waals surface area contributed by atoms with Crippen molar-refractivity contribution < 1.29 is 31.8 Å². The Kier molecular flexibility index (Phi) is 7.98. The van der Waals surface area contributed by atoms with Gasteiger partial charge in [0, 0.05) is 18.6 Å². The van der Waals surface area contributed by atoms with E-state index in [-0.39, 0.29) is 22.9 Å². The molecule has 0 aromatic heterocycles. The molecule has 0 aliphatic carbocycles. The molecule has 1 aromatic rings. The minimum Gasteiger partial charge on any atom is -0.462 e. The van der Waals surface area contributed by atoms with E-state index >= 15 is 0 Å². The number of aliphatic imine (C=N–C) groups is 1. The van der Waals surface area contributed by atoms with Crippen molar-refractivity contribution in [2.24, 2.45) is 4.99 Å². The van der Waals surface area contributed by atoms with Gasteiger partial charge in [-0.15, -0.1) is 0 Å². The topological polar surface area (TPSA) is 52.2 Å². The summed E-state index contributed by atoms with van der Waals surface area (Å²) in [5, 5.41) is 0.00230. The Hall–Kier alpha value is -2.44. The summed E-state index contributed by atoms with van der Waals surface area (Å²) in [6.45, 7) is 8.60. The number of methoxy groups -OCH3 is 1. The number of benzene rings is 1. The number of ether oxygens (including phenoxy) is 2. The van der Waals surface area contributed by atoms with Crippen LogP contribution >= 0.6 is 11.6 Å². The Morgan fingerprint density at radius 3 is 2.63 bits per heavy atom. The summed E-state index contributed by atoms with van der Waals surface area (Å²) in [7, 11) is 1.38. The van der Waals surface area contributed by atoms with Crippen molar-refractivity contribution in [1.29, 1.82) is 0 Å². The van der Waals surface area contributed by atoms with Gasteiger partial charge in [0.1, 0.15) is 11.7 Å².